The van der Waals surface area contributed by atoms with E-state index in [1.54, 1.807) is 13.1 Å². The maximum Gasteiger partial charge on any atom is 0.176 e. The highest BCUT2D eigenvalue weighted by molar-refractivity contribution is 5.26. The molecule has 19 heavy (non-hydrogen) atoms. The van der Waals surface area contributed by atoms with Gasteiger partial charge in [-0.25, -0.2) is 4.39 Å². The summed E-state index contributed by atoms with van der Waals surface area (Å²) in [6.45, 7) is 4.69. The molecule has 1 unspecified atom stereocenters. The van der Waals surface area contributed by atoms with Crippen molar-refractivity contribution in [3.8, 4) is 0 Å². The molecule has 0 spiro atoms. The first-order chi connectivity index (χ1) is 9.08. The Morgan fingerprint density at radius 1 is 1.37 bits per heavy atom. The largest absolute Gasteiger partial charge is 0.310 e. The summed E-state index contributed by atoms with van der Waals surface area (Å²) in [5.41, 5.74) is 1.82. The standard InChI is InChI=1S/C13H18FN5/c1-4-15-12(8-13-16-18-19(3)17-13)10-5-9(2)6-11(14)7-10/h5-7,12,15H,4,8H2,1-3H3. The van der Waals surface area contributed by atoms with Crippen molar-refractivity contribution in [2.45, 2.75) is 26.3 Å². The number of benzene rings is 1. The van der Waals surface area contributed by atoms with Gasteiger partial charge in [0.15, 0.2) is 5.82 Å². The Balaban J connectivity index is 2.23. The van der Waals surface area contributed by atoms with E-state index < -0.39 is 0 Å². The molecule has 0 amide bonds. The Hall–Kier alpha value is -1.82. The molecule has 1 N–H and O–H groups in total. The number of nitrogens with one attached hydrogen (secondary N) is 1. The third kappa shape index (κ3) is 3.57. The van der Waals surface area contributed by atoms with Crippen molar-refractivity contribution in [3.05, 3.63) is 41.0 Å². The van der Waals surface area contributed by atoms with Crippen LogP contribution in [-0.4, -0.2) is 26.8 Å². The molecule has 2 rings (SSSR count). The SMILES string of the molecule is CCNC(Cc1nnn(C)n1)c1cc(C)cc(F)c1. The lowest BCUT2D eigenvalue weighted by Gasteiger charge is -2.17. The molecule has 102 valence electrons. The van der Waals surface area contributed by atoms with Crippen molar-refractivity contribution in [2.24, 2.45) is 7.05 Å². The van der Waals surface area contributed by atoms with E-state index in [4.69, 9.17) is 0 Å². The minimum atomic E-state index is -0.218. The van der Waals surface area contributed by atoms with Crippen LogP contribution in [0.1, 0.15) is 29.9 Å². The first-order valence-corrected chi connectivity index (χ1v) is 6.32. The van der Waals surface area contributed by atoms with Crippen LogP contribution in [-0.2, 0) is 13.5 Å². The van der Waals surface area contributed by atoms with Crippen LogP contribution >= 0.6 is 0 Å². The van der Waals surface area contributed by atoms with Crippen LogP contribution in [0.25, 0.3) is 0 Å². The third-order valence-corrected chi connectivity index (χ3v) is 2.85. The predicted molar refractivity (Wildman–Crippen MR) is 70.1 cm³/mol. The Morgan fingerprint density at radius 3 is 2.74 bits per heavy atom. The van der Waals surface area contributed by atoms with E-state index in [0.717, 1.165) is 17.7 Å². The van der Waals surface area contributed by atoms with Crippen molar-refractivity contribution in [2.75, 3.05) is 6.54 Å². The number of halogens is 1. The Labute approximate surface area is 111 Å². The van der Waals surface area contributed by atoms with Gasteiger partial charge in [0.1, 0.15) is 5.82 Å². The lowest BCUT2D eigenvalue weighted by atomic mass is 10.0. The molecular weight excluding hydrogens is 245 g/mol. The first-order valence-electron chi connectivity index (χ1n) is 6.32. The maximum atomic E-state index is 13.5. The lowest BCUT2D eigenvalue weighted by Crippen LogP contribution is -2.23. The molecule has 0 aliphatic carbocycles. The summed E-state index contributed by atoms with van der Waals surface area (Å²) in [4.78, 5) is 1.43. The number of aryl methyl sites for hydroxylation is 2. The minimum Gasteiger partial charge on any atom is -0.310 e. The first kappa shape index (κ1) is 13.6. The van der Waals surface area contributed by atoms with Gasteiger partial charge in [-0.1, -0.05) is 13.0 Å². The number of hydrogen-bond donors (Lipinski definition) is 1. The van der Waals surface area contributed by atoms with Gasteiger partial charge in [0.25, 0.3) is 0 Å². The predicted octanol–water partition coefficient (Wildman–Crippen LogP) is 1.55. The van der Waals surface area contributed by atoms with Gasteiger partial charge in [-0.15, -0.1) is 10.2 Å². The third-order valence-electron chi connectivity index (χ3n) is 2.85. The molecule has 1 atom stereocenters. The monoisotopic (exact) mass is 263 g/mol. The Kier molecular flexibility index (Phi) is 4.21. The van der Waals surface area contributed by atoms with Gasteiger partial charge < -0.3 is 5.32 Å². The molecule has 1 heterocycles. The van der Waals surface area contributed by atoms with E-state index in [1.807, 2.05) is 19.9 Å². The second kappa shape index (κ2) is 5.88. The second-order valence-corrected chi connectivity index (χ2v) is 4.57. The summed E-state index contributed by atoms with van der Waals surface area (Å²) in [5.74, 6) is 0.431. The topological polar surface area (TPSA) is 55.6 Å². The van der Waals surface area contributed by atoms with Crippen molar-refractivity contribution in [1.82, 2.24) is 25.5 Å². The normalized spacial score (nSPS) is 12.6. The summed E-state index contributed by atoms with van der Waals surface area (Å²) in [6.07, 6.45) is 0.588. The number of tetrazole rings is 1. The van der Waals surface area contributed by atoms with Crippen molar-refractivity contribution < 1.29 is 4.39 Å². The zero-order chi connectivity index (χ0) is 13.8. The zero-order valence-corrected chi connectivity index (χ0v) is 11.4. The summed E-state index contributed by atoms with van der Waals surface area (Å²) >= 11 is 0. The van der Waals surface area contributed by atoms with Gasteiger partial charge in [-0.2, -0.15) is 4.80 Å². The molecule has 0 radical (unpaired) electrons. The van der Waals surface area contributed by atoms with Crippen LogP contribution in [0.2, 0.25) is 0 Å². The molecular formula is C13H18FN5. The summed E-state index contributed by atoms with van der Waals surface area (Å²) in [7, 11) is 1.73. The van der Waals surface area contributed by atoms with E-state index in [0.29, 0.717) is 12.2 Å². The van der Waals surface area contributed by atoms with Gasteiger partial charge in [0.2, 0.25) is 0 Å². The van der Waals surface area contributed by atoms with Gasteiger partial charge in [-0.05, 0) is 41.9 Å². The highest BCUT2D eigenvalue weighted by Gasteiger charge is 2.15. The van der Waals surface area contributed by atoms with Crippen LogP contribution in [0.5, 0.6) is 0 Å². The van der Waals surface area contributed by atoms with Crippen LogP contribution in [0.15, 0.2) is 18.2 Å². The van der Waals surface area contributed by atoms with E-state index >= 15 is 0 Å². The maximum absolute atomic E-state index is 13.5. The van der Waals surface area contributed by atoms with Gasteiger partial charge in [0, 0.05) is 12.5 Å². The smallest absolute Gasteiger partial charge is 0.176 e. The molecule has 0 fully saturated rings. The van der Waals surface area contributed by atoms with E-state index in [2.05, 4.69) is 20.7 Å². The fourth-order valence-electron chi connectivity index (χ4n) is 2.11. The van der Waals surface area contributed by atoms with E-state index in [9.17, 15) is 4.39 Å². The molecule has 6 heteroatoms. The van der Waals surface area contributed by atoms with E-state index in [-0.39, 0.29) is 11.9 Å². The molecule has 0 saturated carbocycles. The molecule has 0 aliphatic heterocycles. The average molecular weight is 263 g/mol. The zero-order valence-electron chi connectivity index (χ0n) is 11.4. The lowest BCUT2D eigenvalue weighted by molar-refractivity contribution is 0.528. The molecule has 5 nitrogen and oxygen atoms in total. The van der Waals surface area contributed by atoms with Crippen LogP contribution in [0.3, 0.4) is 0 Å². The molecule has 0 saturated heterocycles. The highest BCUT2D eigenvalue weighted by Crippen LogP contribution is 2.19. The second-order valence-electron chi connectivity index (χ2n) is 4.57. The fraction of sp³-hybridized carbons (Fsp3) is 0.462. The van der Waals surface area contributed by atoms with Gasteiger partial charge in [0.05, 0.1) is 7.05 Å². The number of likely N-dealkylation sites (N-methyl/N-ethyl adjacent to an activating group) is 1. The minimum absolute atomic E-state index is 0.0106. The summed E-state index contributed by atoms with van der Waals surface area (Å²) in [5, 5.41) is 15.3. The average Bonchev–Trinajstić information content (AvgIpc) is 2.73. The molecule has 0 bridgehead atoms. The van der Waals surface area contributed by atoms with Crippen LogP contribution < -0.4 is 5.32 Å². The Morgan fingerprint density at radius 2 is 2.16 bits per heavy atom. The van der Waals surface area contributed by atoms with Crippen LogP contribution in [0.4, 0.5) is 4.39 Å². The Bertz CT molecular complexity index is 531. The number of hydrogen-bond acceptors (Lipinski definition) is 4. The fourth-order valence-corrected chi connectivity index (χ4v) is 2.11. The van der Waals surface area contributed by atoms with Crippen molar-refractivity contribution in [3.63, 3.8) is 0 Å². The number of rotatable bonds is 5. The van der Waals surface area contributed by atoms with Gasteiger partial charge in [-0.3, -0.25) is 0 Å². The summed E-state index contributed by atoms with van der Waals surface area (Å²) < 4.78 is 13.5. The van der Waals surface area contributed by atoms with Gasteiger partial charge >= 0.3 is 0 Å². The summed E-state index contributed by atoms with van der Waals surface area (Å²) in [6, 6.07) is 5.04. The number of nitrogens with zero attached hydrogens (tertiary/aromatic N) is 4. The van der Waals surface area contributed by atoms with Crippen molar-refractivity contribution >= 4 is 0 Å². The molecule has 2 aromatic rings. The van der Waals surface area contributed by atoms with Crippen molar-refractivity contribution in [1.29, 1.82) is 0 Å². The molecule has 1 aromatic carbocycles. The van der Waals surface area contributed by atoms with E-state index in [1.165, 1.54) is 10.9 Å². The molecule has 0 aliphatic rings. The molecule has 1 aromatic heterocycles. The quantitative estimate of drug-likeness (QED) is 0.889. The highest BCUT2D eigenvalue weighted by atomic mass is 19.1. The van der Waals surface area contributed by atoms with Crippen LogP contribution in [0, 0.1) is 12.7 Å². The number of aromatic nitrogens is 4.